The summed E-state index contributed by atoms with van der Waals surface area (Å²) in [5.74, 6) is -3.03. The van der Waals surface area contributed by atoms with E-state index in [1.54, 1.807) is 18.2 Å². The summed E-state index contributed by atoms with van der Waals surface area (Å²) < 4.78 is 127. The molecule has 5 amide bonds. The van der Waals surface area contributed by atoms with Gasteiger partial charge in [0.15, 0.2) is 47.0 Å². The minimum atomic E-state index is -5.20. The normalized spacial score (nSPS) is 24.6. The number of benzene rings is 7. The summed E-state index contributed by atoms with van der Waals surface area (Å²) >= 11 is 2.85. The van der Waals surface area contributed by atoms with E-state index in [0.717, 1.165) is 42.8 Å². The average molecular weight is 2130 g/mol. The van der Waals surface area contributed by atoms with Crippen LogP contribution in [0.2, 0.25) is 0 Å². The number of azide groups is 1. The number of thiophene rings is 2. The first kappa shape index (κ1) is 109. The van der Waals surface area contributed by atoms with Crippen LogP contribution >= 0.6 is 22.7 Å². The van der Waals surface area contributed by atoms with Crippen LogP contribution in [0, 0.1) is 0 Å². The van der Waals surface area contributed by atoms with E-state index in [1.165, 1.54) is 138 Å². The van der Waals surface area contributed by atoms with Gasteiger partial charge in [-0.1, -0.05) is 29.4 Å². The highest BCUT2D eigenvalue weighted by molar-refractivity contribution is 7.82. The van der Waals surface area contributed by atoms with Gasteiger partial charge in [-0.25, -0.2) is 19.4 Å². The predicted molar refractivity (Wildman–Crippen MR) is 519 cm³/mol. The fourth-order valence-electron chi connectivity index (χ4n) is 18.1. The van der Waals surface area contributed by atoms with Crippen molar-refractivity contribution in [2.75, 3.05) is 111 Å². The zero-order valence-corrected chi connectivity index (χ0v) is 83.1. The first-order valence-electron chi connectivity index (χ1n) is 47.3. The van der Waals surface area contributed by atoms with Gasteiger partial charge in [0.05, 0.1) is 122 Å². The van der Waals surface area contributed by atoms with E-state index >= 15 is 19.2 Å². The number of methoxy groups -OCH3 is 2. The van der Waals surface area contributed by atoms with Gasteiger partial charge in [0.2, 0.25) is 18.9 Å². The van der Waals surface area contributed by atoms with Gasteiger partial charge in [-0.05, 0) is 159 Å². The van der Waals surface area contributed by atoms with Crippen LogP contribution < -0.4 is 56.6 Å². The molecule has 3 saturated heterocycles. The molecule has 9 aromatic rings. The average Bonchev–Trinajstić information content (AvgIpc) is 1.61. The first-order valence-corrected chi connectivity index (χ1v) is 50.4. The summed E-state index contributed by atoms with van der Waals surface area (Å²) in [6.07, 6.45) is -30.0. The quantitative estimate of drug-likeness (QED) is 0.00859. The van der Waals surface area contributed by atoms with E-state index in [2.05, 4.69) is 15.3 Å². The minimum Gasteiger partial charge on any atom is -0.493 e. The smallest absolute Gasteiger partial charge is 0.493 e. The largest absolute Gasteiger partial charge is 0.501 e. The molecule has 0 bridgehead atoms. The van der Waals surface area contributed by atoms with Crippen LogP contribution in [-0.4, -0.2) is 342 Å². The second-order valence-electron chi connectivity index (χ2n) is 36.5. The zero-order valence-electron chi connectivity index (χ0n) is 80.7. The van der Waals surface area contributed by atoms with Crippen molar-refractivity contribution in [2.45, 2.75) is 182 Å². The van der Waals surface area contributed by atoms with Crippen molar-refractivity contribution in [2.24, 2.45) is 5.11 Å². The molecule has 0 radical (unpaired) electrons. The molecular formula is C99H114N9O38S3+. The topological polar surface area (TPSA) is 633 Å². The van der Waals surface area contributed by atoms with Gasteiger partial charge >= 0.3 is 22.6 Å². The molecule has 2 aromatic heterocycles. The maximum atomic E-state index is 15.2. The lowest BCUT2D eigenvalue weighted by atomic mass is 9.99. The van der Waals surface area contributed by atoms with Crippen molar-refractivity contribution >= 4 is 74.4 Å². The molecule has 7 aliphatic rings. The van der Waals surface area contributed by atoms with E-state index < -0.39 is 201 Å². The van der Waals surface area contributed by atoms with E-state index in [0.29, 0.717) is 33.4 Å². The number of rotatable bonds is 42. The van der Waals surface area contributed by atoms with Crippen LogP contribution in [0.4, 0.5) is 21.0 Å². The Morgan fingerprint density at radius 1 is 0.463 bits per heavy atom. The summed E-state index contributed by atoms with van der Waals surface area (Å²) in [6, 6.07) is 33.9. The Kier molecular flexibility index (Phi) is 35.6. The summed E-state index contributed by atoms with van der Waals surface area (Å²) in [4.78, 5) is 83.5. The van der Waals surface area contributed by atoms with Crippen molar-refractivity contribution in [3.05, 3.63) is 238 Å². The number of aliphatic hydroxyl groups is 14. The van der Waals surface area contributed by atoms with Crippen molar-refractivity contribution in [1.82, 2.24) is 15.1 Å². The van der Waals surface area contributed by atoms with Gasteiger partial charge in [-0.2, -0.15) is 0 Å². The molecule has 0 aliphatic carbocycles. The highest BCUT2D eigenvalue weighted by atomic mass is 32.3. The fourth-order valence-corrected chi connectivity index (χ4v) is 20.8. The van der Waals surface area contributed by atoms with Crippen molar-refractivity contribution in [3.8, 4) is 51.7 Å². The lowest BCUT2D eigenvalue weighted by Gasteiger charge is -2.39. The van der Waals surface area contributed by atoms with E-state index in [-0.39, 0.29) is 178 Å². The minimum absolute atomic E-state index is 0.0234. The second-order valence-corrected chi connectivity index (χ2v) is 39.7. The van der Waals surface area contributed by atoms with E-state index in [4.69, 9.17) is 85.0 Å². The molecule has 15 N–H and O–H groups in total. The third-order valence-electron chi connectivity index (χ3n) is 25.8. The Labute approximate surface area is 860 Å². The van der Waals surface area contributed by atoms with Gasteiger partial charge in [-0.3, -0.25) is 14.4 Å². The molecule has 0 spiro atoms. The van der Waals surface area contributed by atoms with Gasteiger partial charge in [-0.15, -0.1) is 31.1 Å². The maximum Gasteiger partial charge on any atom is 0.501 e. The molecule has 0 saturated carbocycles. The number of nitrogens with one attached hydrogen (secondary N) is 1. The predicted octanol–water partition coefficient (Wildman–Crippen LogP) is 3.17. The fraction of sp³-hybridized carbons (Fsp3) is 0.444. The molecule has 7 aliphatic heterocycles. The SMILES string of the molecule is COc1cc2c(cc1OCc1cc(COc3cc4c(cc3OC)C(=O)N3Cc5ccsc5C[C@H]3C(O)N4C(=O)OCc3ccc(O[C@@H]4O[C@H](CO)[C@H](O)[C@H](O)[C@H]4O)cc3)cc(C[N+](C)(C)Cc3ccc(OS(=O)(=O)Oc4cc(C(=O)NCCOCCOCCOCCN=[N+]=[N-])ccc4O[C@@H]4O[C@H](CO)[C@H](O)[C@H](O)[C@H]4O)cc3)c1)N(C(=O)OCc1ccc(O[C@@H]3O[C@H](CO)[C@H](O)[C@H](O)[C@H]3O)cc1)C(O)[C@@H]1Cc3sccc3CN1C2=O. The maximum absolute atomic E-state index is 15.2. The molecule has 47 nitrogen and oxygen atoms in total. The lowest BCUT2D eigenvalue weighted by Crippen LogP contribution is -2.60. The van der Waals surface area contributed by atoms with Gasteiger partial charge in [0.1, 0.15) is 130 Å². The van der Waals surface area contributed by atoms with Crippen LogP contribution in [0.5, 0.6) is 51.7 Å². The summed E-state index contributed by atoms with van der Waals surface area (Å²) in [5.41, 5.74) is 12.6. The standard InChI is InChI=1S/C99H113N9O38S3/c1-108(2,43-52-5-16-63(17-6-52)145-149(128,129)146-75-34-58(11-18-70(75)141-97-89(120)86(117)83(114)78(47-111)144-97)90(121)101-21-23-132-25-27-134-28-26-133-24-22-102-103-100)44-55-31-56(50-135-73-37-66-64(35-71(73)130-3)91(122)104-41-59-19-29-147-79(59)39-68(104)93(124)106(66)98(126)137-48-53-7-12-61(13-8-53)139-95-87(118)84(115)81(112)76(45-109)142-95)33-57(32-55)51-136-74-38-67-65(36-72(74)131-4)92(123)105-42-60-20-30-148-80(60)40-69(105)94(125)107(67)99(127)138-49-54-9-14-62(15-10-54)140-96-88(119)85(116)82(113)77(46-110)143-96/h5-20,29-38,68-69,76-78,81-89,93-97,109-120,124-125H,21-28,39-51H2,1-4H3/p+1/t68-,69-,76+,77+,78+,81-,82-,83-,84-,85-,86-,87+,88+,89+,93?,94?,95+,96+,97+/m0/s1. The number of hydrogen-bond acceptors (Lipinski definition) is 41. The second kappa shape index (κ2) is 48.6. The number of quaternary nitrogens is 1. The number of hydrogen-bond donors (Lipinski definition) is 15. The number of carbonyl (C=O) groups is 5. The lowest BCUT2D eigenvalue weighted by molar-refractivity contribution is -0.916. The highest BCUT2D eigenvalue weighted by Gasteiger charge is 2.52. The molecule has 7 aromatic carbocycles. The van der Waals surface area contributed by atoms with Crippen LogP contribution in [0.1, 0.15) is 85.3 Å². The molecule has 149 heavy (non-hydrogen) atoms. The van der Waals surface area contributed by atoms with Crippen LogP contribution in [0.3, 0.4) is 0 Å². The number of anilines is 2. The van der Waals surface area contributed by atoms with Crippen LogP contribution in [0.15, 0.2) is 161 Å². The monoisotopic (exact) mass is 2130 g/mol. The van der Waals surface area contributed by atoms with Crippen molar-refractivity contribution in [1.29, 1.82) is 0 Å². The Morgan fingerprint density at radius 3 is 1.34 bits per heavy atom. The number of amides is 5. The van der Waals surface area contributed by atoms with Crippen molar-refractivity contribution < 1.29 is 188 Å². The number of carbonyl (C=O) groups excluding carboxylic acids is 5. The third-order valence-corrected chi connectivity index (χ3v) is 28.6. The first-order chi connectivity index (χ1) is 71.6. The summed E-state index contributed by atoms with van der Waals surface area (Å²) in [7, 11) is 1.31. The molecule has 9 heterocycles. The molecule has 3 fully saturated rings. The Balaban J connectivity index is 0.673. The summed E-state index contributed by atoms with van der Waals surface area (Å²) in [5, 5.41) is 160. The Hall–Kier alpha value is -12.5. The third kappa shape index (κ3) is 25.5. The number of nitrogens with zero attached hydrogens (tertiary/aromatic N) is 8. The van der Waals surface area contributed by atoms with Gasteiger partial charge < -0.3 is 171 Å². The van der Waals surface area contributed by atoms with Crippen molar-refractivity contribution in [3.63, 3.8) is 0 Å². The number of aliphatic hydroxyl groups excluding tert-OH is 14. The molecular weight excluding hydrogens is 2020 g/mol. The van der Waals surface area contributed by atoms with E-state index in [9.17, 15) is 84.7 Å². The molecule has 800 valence electrons. The molecule has 16 rings (SSSR count). The molecule has 50 heteroatoms. The van der Waals surface area contributed by atoms with Crippen LogP contribution in [-0.2, 0) is 114 Å². The van der Waals surface area contributed by atoms with Crippen LogP contribution in [0.25, 0.3) is 10.4 Å². The highest BCUT2D eigenvalue weighted by Crippen LogP contribution is 2.47. The Morgan fingerprint density at radius 2 is 0.886 bits per heavy atom. The van der Waals surface area contributed by atoms with E-state index in [1.807, 2.05) is 49.1 Å². The number of fused-ring (bicyclic) bond motifs is 6. The Bertz CT molecular complexity index is 6090. The molecule has 19 atom stereocenters. The molecule has 2 unspecified atom stereocenters. The number of ether oxygens (including phenoxy) is 15. The summed E-state index contributed by atoms with van der Waals surface area (Å²) in [6.45, 7) is -1.83. The zero-order chi connectivity index (χ0) is 106. The van der Waals surface area contributed by atoms with Gasteiger partial charge in [0, 0.05) is 82.5 Å². The van der Waals surface area contributed by atoms with Gasteiger partial charge in [0.25, 0.3) is 17.7 Å².